The summed E-state index contributed by atoms with van der Waals surface area (Å²) in [7, 11) is 0. The second-order valence-corrected chi connectivity index (χ2v) is 5.15. The summed E-state index contributed by atoms with van der Waals surface area (Å²) in [6.07, 6.45) is 1.79. The van der Waals surface area contributed by atoms with E-state index in [0.29, 0.717) is 17.5 Å². The Morgan fingerprint density at radius 2 is 1.82 bits per heavy atom. The Hall–Kier alpha value is -2.59. The number of para-hydroxylation sites is 1. The SMILES string of the molecule is C=CCNc1nc(Nc2ccc(Cl)cc2)nc2ccccc12. The van der Waals surface area contributed by atoms with Gasteiger partial charge < -0.3 is 10.6 Å². The van der Waals surface area contributed by atoms with Gasteiger partial charge in [0.25, 0.3) is 0 Å². The second-order valence-electron chi connectivity index (χ2n) is 4.71. The summed E-state index contributed by atoms with van der Waals surface area (Å²) in [4.78, 5) is 9.08. The lowest BCUT2D eigenvalue weighted by atomic mass is 10.2. The number of hydrogen-bond donors (Lipinski definition) is 2. The largest absolute Gasteiger partial charge is 0.366 e. The highest BCUT2D eigenvalue weighted by Crippen LogP contribution is 2.24. The number of aromatic nitrogens is 2. The Morgan fingerprint density at radius 3 is 2.59 bits per heavy atom. The van der Waals surface area contributed by atoms with Crippen molar-refractivity contribution in [2.75, 3.05) is 17.2 Å². The minimum absolute atomic E-state index is 0.535. The van der Waals surface area contributed by atoms with Gasteiger partial charge in [-0.05, 0) is 36.4 Å². The first kappa shape index (κ1) is 14.4. The van der Waals surface area contributed by atoms with Crippen molar-refractivity contribution in [3.63, 3.8) is 0 Å². The van der Waals surface area contributed by atoms with E-state index in [1.807, 2.05) is 48.5 Å². The van der Waals surface area contributed by atoms with Crippen LogP contribution in [0.3, 0.4) is 0 Å². The third-order valence-electron chi connectivity index (χ3n) is 3.12. The number of benzene rings is 2. The quantitative estimate of drug-likeness (QED) is 0.675. The van der Waals surface area contributed by atoms with Crippen molar-refractivity contribution < 1.29 is 0 Å². The standard InChI is InChI=1S/C17H15ClN4/c1-2-11-19-16-14-5-3-4-6-15(14)21-17(22-16)20-13-9-7-12(18)8-10-13/h2-10H,1,11H2,(H2,19,20,21,22). The first-order chi connectivity index (χ1) is 10.8. The van der Waals surface area contributed by atoms with Crippen molar-refractivity contribution in [1.29, 1.82) is 0 Å². The maximum absolute atomic E-state index is 5.90. The predicted octanol–water partition coefficient (Wildman–Crippen LogP) is 4.62. The summed E-state index contributed by atoms with van der Waals surface area (Å²) < 4.78 is 0. The van der Waals surface area contributed by atoms with Gasteiger partial charge in [-0.3, -0.25) is 0 Å². The minimum atomic E-state index is 0.535. The summed E-state index contributed by atoms with van der Waals surface area (Å²) in [5.41, 5.74) is 1.76. The van der Waals surface area contributed by atoms with E-state index in [-0.39, 0.29) is 0 Å². The molecule has 0 aliphatic rings. The van der Waals surface area contributed by atoms with Gasteiger partial charge in [0.05, 0.1) is 5.52 Å². The number of halogens is 1. The molecule has 2 N–H and O–H groups in total. The molecule has 2 aromatic carbocycles. The molecular formula is C17H15ClN4. The molecule has 22 heavy (non-hydrogen) atoms. The third kappa shape index (κ3) is 3.18. The molecule has 0 saturated heterocycles. The monoisotopic (exact) mass is 310 g/mol. The molecular weight excluding hydrogens is 296 g/mol. The molecule has 3 rings (SSSR count). The average molecular weight is 311 g/mol. The number of nitrogens with zero attached hydrogens (tertiary/aromatic N) is 2. The van der Waals surface area contributed by atoms with Crippen LogP contribution < -0.4 is 10.6 Å². The summed E-state index contributed by atoms with van der Waals surface area (Å²) in [6, 6.07) is 15.3. The highest BCUT2D eigenvalue weighted by atomic mass is 35.5. The van der Waals surface area contributed by atoms with E-state index in [2.05, 4.69) is 27.2 Å². The molecule has 0 atom stereocenters. The smallest absolute Gasteiger partial charge is 0.229 e. The zero-order valence-corrected chi connectivity index (χ0v) is 12.6. The lowest BCUT2D eigenvalue weighted by Crippen LogP contribution is -2.05. The van der Waals surface area contributed by atoms with Gasteiger partial charge in [0.1, 0.15) is 5.82 Å². The van der Waals surface area contributed by atoms with Crippen LogP contribution in [-0.4, -0.2) is 16.5 Å². The molecule has 0 amide bonds. The van der Waals surface area contributed by atoms with Crippen LogP contribution in [0.4, 0.5) is 17.5 Å². The number of hydrogen-bond acceptors (Lipinski definition) is 4. The van der Waals surface area contributed by atoms with Gasteiger partial charge in [0.2, 0.25) is 5.95 Å². The van der Waals surface area contributed by atoms with Crippen LogP contribution in [0.15, 0.2) is 61.2 Å². The van der Waals surface area contributed by atoms with Crippen molar-refractivity contribution in [3.8, 4) is 0 Å². The number of fused-ring (bicyclic) bond motifs is 1. The first-order valence-electron chi connectivity index (χ1n) is 6.90. The van der Waals surface area contributed by atoms with Crippen LogP contribution in [0.1, 0.15) is 0 Å². The molecule has 0 spiro atoms. The van der Waals surface area contributed by atoms with Crippen LogP contribution in [0.25, 0.3) is 10.9 Å². The van der Waals surface area contributed by atoms with Gasteiger partial charge in [0.15, 0.2) is 0 Å². The van der Waals surface area contributed by atoms with Crippen LogP contribution in [-0.2, 0) is 0 Å². The van der Waals surface area contributed by atoms with Crippen molar-refractivity contribution in [2.45, 2.75) is 0 Å². The molecule has 0 radical (unpaired) electrons. The van der Waals surface area contributed by atoms with Crippen LogP contribution >= 0.6 is 11.6 Å². The van der Waals surface area contributed by atoms with Crippen LogP contribution in [0.2, 0.25) is 5.02 Å². The Bertz CT molecular complexity index is 799. The molecule has 0 aliphatic carbocycles. The van der Waals surface area contributed by atoms with Gasteiger partial charge in [-0.15, -0.1) is 6.58 Å². The fraction of sp³-hybridized carbons (Fsp3) is 0.0588. The van der Waals surface area contributed by atoms with E-state index in [1.165, 1.54) is 0 Å². The number of rotatable bonds is 5. The zero-order chi connectivity index (χ0) is 15.4. The van der Waals surface area contributed by atoms with E-state index in [0.717, 1.165) is 22.4 Å². The zero-order valence-electron chi connectivity index (χ0n) is 11.9. The van der Waals surface area contributed by atoms with Crippen LogP contribution in [0.5, 0.6) is 0 Å². The molecule has 0 unspecified atom stereocenters. The van der Waals surface area contributed by atoms with E-state index >= 15 is 0 Å². The summed E-state index contributed by atoms with van der Waals surface area (Å²) >= 11 is 5.90. The molecule has 0 saturated carbocycles. The molecule has 1 heterocycles. The second kappa shape index (κ2) is 6.45. The molecule has 3 aromatic rings. The Labute approximate surface area is 133 Å². The average Bonchev–Trinajstić information content (AvgIpc) is 2.55. The summed E-state index contributed by atoms with van der Waals surface area (Å²) in [6.45, 7) is 4.36. The number of nitrogens with one attached hydrogen (secondary N) is 2. The summed E-state index contributed by atoms with van der Waals surface area (Å²) in [5.74, 6) is 1.31. The van der Waals surface area contributed by atoms with Crippen molar-refractivity contribution in [1.82, 2.24) is 9.97 Å². The van der Waals surface area contributed by atoms with Crippen molar-refractivity contribution in [2.24, 2.45) is 0 Å². The van der Waals surface area contributed by atoms with Crippen molar-refractivity contribution in [3.05, 3.63) is 66.2 Å². The number of anilines is 3. The predicted molar refractivity (Wildman–Crippen MR) is 93.0 cm³/mol. The highest BCUT2D eigenvalue weighted by Gasteiger charge is 2.07. The van der Waals surface area contributed by atoms with E-state index < -0.39 is 0 Å². The normalized spacial score (nSPS) is 10.4. The molecule has 0 bridgehead atoms. The Balaban J connectivity index is 1.98. The van der Waals surface area contributed by atoms with Gasteiger partial charge in [0, 0.05) is 22.6 Å². The first-order valence-corrected chi connectivity index (χ1v) is 7.28. The topological polar surface area (TPSA) is 49.8 Å². The lowest BCUT2D eigenvalue weighted by Gasteiger charge is -2.11. The molecule has 1 aromatic heterocycles. The fourth-order valence-corrected chi connectivity index (χ4v) is 2.22. The summed E-state index contributed by atoms with van der Waals surface area (Å²) in [5, 5.41) is 8.11. The minimum Gasteiger partial charge on any atom is -0.366 e. The Kier molecular flexibility index (Phi) is 4.21. The Morgan fingerprint density at radius 1 is 1.05 bits per heavy atom. The van der Waals surface area contributed by atoms with E-state index in [9.17, 15) is 0 Å². The molecule has 0 aliphatic heterocycles. The van der Waals surface area contributed by atoms with Gasteiger partial charge in [-0.2, -0.15) is 4.98 Å². The van der Waals surface area contributed by atoms with Crippen LogP contribution in [0, 0.1) is 0 Å². The van der Waals surface area contributed by atoms with Gasteiger partial charge in [-0.1, -0.05) is 29.8 Å². The van der Waals surface area contributed by atoms with Crippen molar-refractivity contribution >= 4 is 40.0 Å². The van der Waals surface area contributed by atoms with E-state index in [4.69, 9.17) is 11.6 Å². The fourth-order valence-electron chi connectivity index (χ4n) is 2.10. The maximum atomic E-state index is 5.90. The van der Waals surface area contributed by atoms with E-state index in [1.54, 1.807) is 6.08 Å². The molecule has 0 fully saturated rings. The molecule has 5 heteroatoms. The highest BCUT2D eigenvalue weighted by molar-refractivity contribution is 6.30. The third-order valence-corrected chi connectivity index (χ3v) is 3.37. The van der Waals surface area contributed by atoms with Gasteiger partial charge >= 0.3 is 0 Å². The molecule has 110 valence electrons. The lowest BCUT2D eigenvalue weighted by molar-refractivity contribution is 1.18. The maximum Gasteiger partial charge on any atom is 0.229 e. The van der Waals surface area contributed by atoms with Gasteiger partial charge in [-0.25, -0.2) is 4.98 Å². The molecule has 4 nitrogen and oxygen atoms in total.